The quantitative estimate of drug-likeness (QED) is 0.0517. The van der Waals surface area contributed by atoms with Gasteiger partial charge < -0.3 is 9.59 Å². The van der Waals surface area contributed by atoms with Crippen molar-refractivity contribution in [1.29, 1.82) is 0 Å². The summed E-state index contributed by atoms with van der Waals surface area (Å²) in [5.41, 5.74) is -1.15. The van der Waals surface area contributed by atoms with Crippen LogP contribution in [0.25, 0.3) is 0 Å². The van der Waals surface area contributed by atoms with Gasteiger partial charge in [0.05, 0.1) is 20.1 Å². The third kappa shape index (κ3) is 29.3. The van der Waals surface area contributed by atoms with E-state index in [0.717, 1.165) is 43.3 Å². The summed E-state index contributed by atoms with van der Waals surface area (Å²) in [6.45, 7) is 12.0. The molecule has 0 aliphatic heterocycles. The first-order chi connectivity index (χ1) is 23.4. The van der Waals surface area contributed by atoms with E-state index in [2.05, 4.69) is 34.7 Å². The SMILES string of the molecule is CCCCCCCCCCCCCCC(O)(C[N+](C)(CCCCCCCC)CCCCCCCC)C(=O)CCCCCCCCCCC. The normalized spacial score (nSPS) is 13.3. The van der Waals surface area contributed by atoms with E-state index in [4.69, 9.17) is 0 Å². The highest BCUT2D eigenvalue weighted by atomic mass is 16.3. The van der Waals surface area contributed by atoms with E-state index in [0.29, 0.717) is 19.4 Å². The van der Waals surface area contributed by atoms with Crippen molar-refractivity contribution in [3.8, 4) is 0 Å². The number of hydrogen-bond donors (Lipinski definition) is 1. The Morgan fingerprint density at radius 3 is 1.02 bits per heavy atom. The van der Waals surface area contributed by atoms with E-state index in [1.54, 1.807) is 0 Å². The van der Waals surface area contributed by atoms with E-state index >= 15 is 0 Å². The molecule has 0 aromatic carbocycles. The zero-order valence-corrected chi connectivity index (χ0v) is 34.2. The average molecular weight is 679 g/mol. The van der Waals surface area contributed by atoms with Crippen molar-refractivity contribution < 1.29 is 14.4 Å². The number of carbonyl (C=O) groups is 1. The summed E-state index contributed by atoms with van der Waals surface area (Å²) < 4.78 is 0.875. The third-order valence-electron chi connectivity index (χ3n) is 11.2. The maximum atomic E-state index is 13.9. The van der Waals surface area contributed by atoms with E-state index in [1.807, 2.05) is 0 Å². The van der Waals surface area contributed by atoms with Crippen LogP contribution < -0.4 is 0 Å². The molecule has 0 fully saturated rings. The summed E-state index contributed by atoms with van der Waals surface area (Å²) in [4.78, 5) is 13.9. The third-order valence-corrected chi connectivity index (χ3v) is 11.2. The molecule has 0 heterocycles. The van der Waals surface area contributed by atoms with Crippen molar-refractivity contribution in [2.45, 2.75) is 258 Å². The molecule has 0 aromatic heterocycles. The predicted molar refractivity (Wildman–Crippen MR) is 215 cm³/mol. The summed E-state index contributed by atoms with van der Waals surface area (Å²) >= 11 is 0. The maximum Gasteiger partial charge on any atom is 0.171 e. The topological polar surface area (TPSA) is 37.3 Å². The van der Waals surface area contributed by atoms with E-state index in [-0.39, 0.29) is 5.78 Å². The molecule has 0 saturated carbocycles. The molecule has 0 aliphatic carbocycles. The molecule has 3 heteroatoms. The minimum Gasteiger partial charge on any atom is -0.377 e. The van der Waals surface area contributed by atoms with Gasteiger partial charge in [-0.05, 0) is 44.9 Å². The number of likely N-dealkylation sites (N-methyl/N-ethyl adjacent to an activating group) is 1. The predicted octanol–water partition coefficient (Wildman–Crippen LogP) is 14.5. The standard InChI is InChI=1S/C45H92NO2/c1-6-10-14-18-22-24-25-26-28-30-32-36-40-45(48,44(47)39-35-31-29-27-23-19-15-11-7-2)43-46(5,41-37-33-20-16-12-8-3)42-38-34-21-17-13-9-4/h48H,6-43H2,1-5H3/q+1. The van der Waals surface area contributed by atoms with Crippen LogP contribution in [0.4, 0.5) is 0 Å². The summed E-state index contributed by atoms with van der Waals surface area (Å²) in [5, 5.41) is 12.3. The molecule has 0 amide bonds. The molecule has 1 unspecified atom stereocenters. The molecule has 1 atom stereocenters. The summed E-state index contributed by atoms with van der Waals surface area (Å²) in [5.74, 6) is 0.156. The summed E-state index contributed by atoms with van der Waals surface area (Å²) in [6.07, 6.45) is 44.0. The molecule has 0 spiro atoms. The van der Waals surface area contributed by atoms with Crippen molar-refractivity contribution in [3.05, 3.63) is 0 Å². The van der Waals surface area contributed by atoms with Gasteiger partial charge >= 0.3 is 0 Å². The lowest BCUT2D eigenvalue weighted by Gasteiger charge is -2.41. The van der Waals surface area contributed by atoms with Crippen molar-refractivity contribution in [3.63, 3.8) is 0 Å². The van der Waals surface area contributed by atoms with Gasteiger partial charge in [-0.25, -0.2) is 0 Å². The van der Waals surface area contributed by atoms with Gasteiger partial charge in [-0.1, -0.05) is 201 Å². The molecule has 0 rings (SSSR count). The molecule has 0 saturated heterocycles. The molecule has 1 N–H and O–H groups in total. The minimum atomic E-state index is -1.15. The van der Waals surface area contributed by atoms with Crippen molar-refractivity contribution in [1.82, 2.24) is 0 Å². The van der Waals surface area contributed by atoms with Gasteiger partial charge in [-0.3, -0.25) is 4.79 Å². The van der Waals surface area contributed by atoms with Crippen molar-refractivity contribution in [2.24, 2.45) is 0 Å². The fraction of sp³-hybridized carbons (Fsp3) is 0.978. The van der Waals surface area contributed by atoms with Crippen LogP contribution >= 0.6 is 0 Å². The van der Waals surface area contributed by atoms with Crippen LogP contribution in [-0.2, 0) is 4.79 Å². The molecule has 288 valence electrons. The molecule has 48 heavy (non-hydrogen) atoms. The Bertz CT molecular complexity index is 647. The van der Waals surface area contributed by atoms with Crippen LogP contribution in [-0.4, -0.2) is 47.7 Å². The van der Waals surface area contributed by atoms with Crippen LogP contribution in [0.3, 0.4) is 0 Å². The number of nitrogens with zero attached hydrogens (tertiary/aromatic N) is 1. The highest BCUT2D eigenvalue weighted by molar-refractivity contribution is 5.87. The molecule has 0 bridgehead atoms. The minimum absolute atomic E-state index is 0.156. The lowest BCUT2D eigenvalue weighted by atomic mass is 9.86. The Labute approximate surface area is 304 Å². The monoisotopic (exact) mass is 679 g/mol. The highest BCUT2D eigenvalue weighted by Gasteiger charge is 2.42. The van der Waals surface area contributed by atoms with E-state index in [1.165, 1.54) is 186 Å². The lowest BCUT2D eigenvalue weighted by Crippen LogP contribution is -2.58. The van der Waals surface area contributed by atoms with Gasteiger partial charge in [0.25, 0.3) is 0 Å². The fourth-order valence-electron chi connectivity index (χ4n) is 7.84. The van der Waals surface area contributed by atoms with Gasteiger partial charge in [0, 0.05) is 6.42 Å². The smallest absolute Gasteiger partial charge is 0.171 e. The van der Waals surface area contributed by atoms with Crippen LogP contribution in [0.1, 0.15) is 252 Å². The maximum absolute atomic E-state index is 13.9. The second kappa shape index (κ2) is 35.0. The molecule has 0 radical (unpaired) electrons. The fourth-order valence-corrected chi connectivity index (χ4v) is 7.84. The Kier molecular flexibility index (Phi) is 34.7. The van der Waals surface area contributed by atoms with Crippen LogP contribution in [0.5, 0.6) is 0 Å². The first-order valence-corrected chi connectivity index (χ1v) is 22.5. The first-order valence-electron chi connectivity index (χ1n) is 22.5. The Balaban J connectivity index is 5.12. The largest absolute Gasteiger partial charge is 0.377 e. The van der Waals surface area contributed by atoms with Crippen molar-refractivity contribution in [2.75, 3.05) is 26.7 Å². The number of aliphatic hydroxyl groups is 1. The first kappa shape index (κ1) is 47.6. The number of ketones is 1. The number of hydrogen-bond acceptors (Lipinski definition) is 2. The van der Waals surface area contributed by atoms with E-state index < -0.39 is 5.60 Å². The van der Waals surface area contributed by atoms with Crippen LogP contribution in [0.15, 0.2) is 0 Å². The Morgan fingerprint density at radius 2 is 0.688 bits per heavy atom. The second-order valence-corrected chi connectivity index (χ2v) is 16.4. The molecular formula is C45H92NO2+. The number of rotatable bonds is 40. The van der Waals surface area contributed by atoms with Gasteiger partial charge in [0.2, 0.25) is 0 Å². The number of carbonyl (C=O) groups excluding carboxylic acids is 1. The molecule has 0 aromatic rings. The van der Waals surface area contributed by atoms with Crippen molar-refractivity contribution >= 4 is 5.78 Å². The van der Waals surface area contributed by atoms with E-state index in [9.17, 15) is 9.90 Å². The number of Topliss-reactive ketones (excluding diaryl/α,β-unsaturated/α-hetero) is 1. The highest BCUT2D eigenvalue weighted by Crippen LogP contribution is 2.27. The number of unbranched alkanes of at least 4 members (excludes halogenated alkanes) is 29. The van der Waals surface area contributed by atoms with Crippen LogP contribution in [0.2, 0.25) is 0 Å². The van der Waals surface area contributed by atoms with Gasteiger partial charge in [0.1, 0.15) is 6.54 Å². The summed E-state index contributed by atoms with van der Waals surface area (Å²) in [6, 6.07) is 0. The summed E-state index contributed by atoms with van der Waals surface area (Å²) in [7, 11) is 2.37. The molecule has 3 nitrogen and oxygen atoms in total. The van der Waals surface area contributed by atoms with Gasteiger partial charge in [-0.15, -0.1) is 0 Å². The molecular weight excluding hydrogens is 587 g/mol. The molecule has 0 aliphatic rings. The lowest BCUT2D eigenvalue weighted by molar-refractivity contribution is -0.914. The Morgan fingerprint density at radius 1 is 0.417 bits per heavy atom. The second-order valence-electron chi connectivity index (χ2n) is 16.4. The van der Waals surface area contributed by atoms with Gasteiger partial charge in [-0.2, -0.15) is 0 Å². The van der Waals surface area contributed by atoms with Gasteiger partial charge in [0.15, 0.2) is 11.4 Å². The zero-order valence-electron chi connectivity index (χ0n) is 34.2. The average Bonchev–Trinajstić information content (AvgIpc) is 3.07. The van der Waals surface area contributed by atoms with Crippen LogP contribution in [0, 0.1) is 0 Å². The number of quaternary nitrogens is 1. The Hall–Kier alpha value is -0.410. The zero-order chi connectivity index (χ0) is 35.4.